The van der Waals surface area contributed by atoms with Crippen LogP contribution in [0.25, 0.3) is 0 Å². The third-order valence-corrected chi connectivity index (χ3v) is 3.59. The van der Waals surface area contributed by atoms with Gasteiger partial charge < -0.3 is 4.42 Å². The van der Waals surface area contributed by atoms with Gasteiger partial charge in [-0.1, -0.05) is 13.8 Å². The molecule has 0 bridgehead atoms. The van der Waals surface area contributed by atoms with Crippen molar-refractivity contribution >= 4 is 15.9 Å². The average molecular weight is 350 g/mol. The maximum atomic E-state index is 14.1. The van der Waals surface area contributed by atoms with E-state index in [4.69, 9.17) is 0 Å². The number of Topliss-reactive ketones (excluding diaryl/α,β-unsaturated/α-hetero) is 1. The molecule has 0 saturated heterocycles. The second-order valence-electron chi connectivity index (χ2n) is 4.62. The van der Waals surface area contributed by atoms with Crippen molar-refractivity contribution in [3.05, 3.63) is 24.2 Å². The smallest absolute Gasteiger partial charge is 0.472 e. The normalized spacial score (nSPS) is 15.1. The Morgan fingerprint density at radius 3 is 2.14 bits per heavy atom. The lowest BCUT2D eigenvalue weighted by molar-refractivity contribution is -0.0997. The van der Waals surface area contributed by atoms with Crippen molar-refractivity contribution in [2.45, 2.75) is 31.4 Å². The first-order valence-corrected chi connectivity index (χ1v) is 7.16. The van der Waals surface area contributed by atoms with Crippen molar-refractivity contribution in [3.8, 4) is 0 Å². The summed E-state index contributed by atoms with van der Waals surface area (Å²) in [5, 5.41) is 0. The van der Waals surface area contributed by atoms with Gasteiger partial charge in [-0.15, -0.1) is 0 Å². The van der Waals surface area contributed by atoms with E-state index in [0.29, 0.717) is 6.26 Å². The molecule has 0 N–H and O–H groups in total. The topological polar surface area (TPSA) is 73.6 Å². The molecular formula is C11H11F5O5S. The molecule has 0 fully saturated rings. The van der Waals surface area contributed by atoms with Crippen LogP contribution in [0.3, 0.4) is 0 Å². The van der Waals surface area contributed by atoms with Crippen LogP contribution < -0.4 is 0 Å². The minimum atomic E-state index is -6.28. The Hall–Kier alpha value is -1.49. The van der Waals surface area contributed by atoms with Crippen molar-refractivity contribution < 1.29 is 43.8 Å². The molecule has 0 spiro atoms. The molecule has 0 saturated carbocycles. The van der Waals surface area contributed by atoms with Crippen LogP contribution in [0.2, 0.25) is 0 Å². The lowest BCUT2D eigenvalue weighted by Crippen LogP contribution is -2.48. The highest BCUT2D eigenvalue weighted by atomic mass is 32.2. The minimum absolute atomic E-state index is 0.622. The average Bonchev–Trinajstić information content (AvgIpc) is 2.86. The summed E-state index contributed by atoms with van der Waals surface area (Å²) in [6.07, 6.45) is -1.26. The molecule has 0 amide bonds. The number of carbonyl (C=O) groups is 1. The Morgan fingerprint density at radius 1 is 1.23 bits per heavy atom. The fraction of sp³-hybridized carbons (Fsp3) is 0.545. The number of carbonyl (C=O) groups excluding carboxylic acids is 1. The molecule has 1 atom stereocenters. The first kappa shape index (κ1) is 18.6. The molecule has 126 valence electrons. The zero-order chi connectivity index (χ0) is 17.3. The number of alkyl halides is 5. The summed E-state index contributed by atoms with van der Waals surface area (Å²) in [6, 6.07) is 0.867. The third kappa shape index (κ3) is 3.64. The van der Waals surface area contributed by atoms with Crippen LogP contribution in [-0.4, -0.2) is 31.7 Å². The van der Waals surface area contributed by atoms with Gasteiger partial charge in [-0.2, -0.15) is 30.4 Å². The van der Waals surface area contributed by atoms with Crippen LogP contribution in [0, 0.1) is 5.92 Å². The van der Waals surface area contributed by atoms with Gasteiger partial charge >= 0.3 is 21.5 Å². The number of rotatable bonds is 6. The fourth-order valence-electron chi connectivity index (χ4n) is 1.50. The summed E-state index contributed by atoms with van der Waals surface area (Å²) in [5.41, 5.74) is -6.50. The predicted molar refractivity (Wildman–Crippen MR) is 62.7 cm³/mol. The van der Waals surface area contributed by atoms with E-state index in [1.165, 1.54) is 0 Å². The summed E-state index contributed by atoms with van der Waals surface area (Å²) in [4.78, 5) is 11.6. The zero-order valence-electron chi connectivity index (χ0n) is 11.2. The molecule has 0 radical (unpaired) electrons. The summed E-state index contributed by atoms with van der Waals surface area (Å²) >= 11 is 0. The van der Waals surface area contributed by atoms with Crippen molar-refractivity contribution in [1.82, 2.24) is 0 Å². The largest absolute Gasteiger partial charge is 0.523 e. The molecule has 0 aliphatic rings. The van der Waals surface area contributed by atoms with Crippen molar-refractivity contribution in [3.63, 3.8) is 0 Å². The van der Waals surface area contributed by atoms with Crippen LogP contribution in [0.1, 0.15) is 24.2 Å². The van der Waals surface area contributed by atoms with Crippen molar-refractivity contribution in [2.75, 3.05) is 0 Å². The summed E-state index contributed by atoms with van der Waals surface area (Å²) in [5.74, 6) is -7.81. The van der Waals surface area contributed by atoms with E-state index in [0.717, 1.165) is 26.2 Å². The van der Waals surface area contributed by atoms with Gasteiger partial charge in [0.25, 0.3) is 0 Å². The van der Waals surface area contributed by atoms with Crippen LogP contribution in [0.4, 0.5) is 22.0 Å². The molecule has 1 heterocycles. The zero-order valence-corrected chi connectivity index (χ0v) is 12.0. The molecule has 22 heavy (non-hydrogen) atoms. The van der Waals surface area contributed by atoms with Gasteiger partial charge in [0.2, 0.25) is 5.78 Å². The molecule has 1 rings (SSSR count). The highest BCUT2D eigenvalue weighted by Gasteiger charge is 2.56. The fourth-order valence-corrected chi connectivity index (χ4v) is 2.22. The number of furan rings is 1. The minimum Gasteiger partial charge on any atom is -0.472 e. The Morgan fingerprint density at radius 2 is 1.77 bits per heavy atom. The van der Waals surface area contributed by atoms with Crippen molar-refractivity contribution in [2.24, 2.45) is 5.92 Å². The van der Waals surface area contributed by atoms with Gasteiger partial charge in [-0.05, 0) is 12.0 Å². The monoisotopic (exact) mass is 350 g/mol. The van der Waals surface area contributed by atoms with Gasteiger partial charge in [0, 0.05) is 0 Å². The molecule has 0 aliphatic carbocycles. The standard InChI is InChI=1S/C11H11F5O5S/c1-6(2)9(21-22(18,19)11(14,15)16)10(12,13)8(17)7-3-4-20-5-7/h3-6,9H,1-2H3. The van der Waals surface area contributed by atoms with E-state index >= 15 is 0 Å². The maximum absolute atomic E-state index is 14.1. The molecule has 0 aromatic carbocycles. The maximum Gasteiger partial charge on any atom is 0.523 e. The van der Waals surface area contributed by atoms with Gasteiger partial charge in [-0.25, -0.2) is 0 Å². The first-order valence-electron chi connectivity index (χ1n) is 5.75. The van der Waals surface area contributed by atoms with Crippen molar-refractivity contribution in [1.29, 1.82) is 0 Å². The summed E-state index contributed by atoms with van der Waals surface area (Å²) in [7, 11) is -6.28. The molecule has 1 unspecified atom stereocenters. The number of hydrogen-bond acceptors (Lipinski definition) is 5. The van der Waals surface area contributed by atoms with Gasteiger partial charge in [0.1, 0.15) is 6.26 Å². The molecule has 5 nitrogen and oxygen atoms in total. The molecule has 0 aliphatic heterocycles. The second kappa shape index (κ2) is 5.95. The Kier molecular flexibility index (Phi) is 5.02. The summed E-state index contributed by atoms with van der Waals surface area (Å²) in [6.45, 7) is 1.99. The molecule has 1 aromatic heterocycles. The van der Waals surface area contributed by atoms with E-state index in [2.05, 4.69) is 8.60 Å². The van der Waals surface area contributed by atoms with Gasteiger partial charge in [0.05, 0.1) is 11.8 Å². The first-order chi connectivity index (χ1) is 9.80. The second-order valence-corrected chi connectivity index (χ2v) is 6.19. The molecule has 11 heteroatoms. The Balaban J connectivity index is 3.18. The molecule has 1 aromatic rings. The molecular weight excluding hydrogens is 339 g/mol. The summed E-state index contributed by atoms with van der Waals surface area (Å²) < 4.78 is 94.8. The van der Waals surface area contributed by atoms with E-state index in [1.54, 1.807) is 0 Å². The van der Waals surface area contributed by atoms with E-state index in [-0.39, 0.29) is 0 Å². The third-order valence-electron chi connectivity index (χ3n) is 2.56. The number of hydrogen-bond donors (Lipinski definition) is 0. The Bertz CT molecular complexity index is 618. The number of ketones is 1. The van der Waals surface area contributed by atoms with Crippen LogP contribution in [0.15, 0.2) is 23.0 Å². The quantitative estimate of drug-likeness (QED) is 0.341. The van der Waals surface area contributed by atoms with E-state index in [9.17, 15) is 35.2 Å². The predicted octanol–water partition coefficient (Wildman–Crippen LogP) is 2.99. The Labute approximate surface area is 122 Å². The lowest BCUT2D eigenvalue weighted by Gasteiger charge is -2.28. The highest BCUT2D eigenvalue weighted by molar-refractivity contribution is 7.87. The van der Waals surface area contributed by atoms with Crippen LogP contribution >= 0.6 is 0 Å². The van der Waals surface area contributed by atoms with Crippen LogP contribution in [-0.2, 0) is 14.3 Å². The van der Waals surface area contributed by atoms with Gasteiger partial charge in [0.15, 0.2) is 6.10 Å². The van der Waals surface area contributed by atoms with E-state index in [1.807, 2.05) is 0 Å². The lowest BCUT2D eigenvalue weighted by atomic mass is 9.95. The highest BCUT2D eigenvalue weighted by Crippen LogP contribution is 2.35. The SMILES string of the molecule is CC(C)C(OS(=O)(=O)C(F)(F)F)C(F)(F)C(=O)c1ccoc1. The number of halogens is 5. The van der Waals surface area contributed by atoms with E-state index < -0.39 is 44.9 Å². The van der Waals surface area contributed by atoms with Gasteiger partial charge in [-0.3, -0.25) is 8.98 Å². The van der Waals surface area contributed by atoms with Crippen LogP contribution in [0.5, 0.6) is 0 Å².